The van der Waals surface area contributed by atoms with Crippen LogP contribution in [0.15, 0.2) is 110 Å². The van der Waals surface area contributed by atoms with Gasteiger partial charge in [-0.2, -0.15) is 0 Å². The highest BCUT2D eigenvalue weighted by Crippen LogP contribution is 2.50. The number of halogens is 2. The van der Waals surface area contributed by atoms with Gasteiger partial charge in [0.1, 0.15) is 6.61 Å². The molecule has 0 fully saturated rings. The number of aliphatic hydroxyl groups excluding tert-OH is 1. The second-order valence-electron chi connectivity index (χ2n) is 16.0. The van der Waals surface area contributed by atoms with E-state index < -0.39 is 0 Å². The van der Waals surface area contributed by atoms with E-state index in [0.29, 0.717) is 19.7 Å². The minimum absolute atomic E-state index is 0. The summed E-state index contributed by atoms with van der Waals surface area (Å²) in [6, 6.07) is 34.8. The van der Waals surface area contributed by atoms with Gasteiger partial charge in [-0.1, -0.05) is 79.4 Å². The lowest BCUT2D eigenvalue weighted by molar-refractivity contribution is -0.138. The smallest absolute Gasteiger partial charge is 0.330 e. The number of aromatic nitrogens is 2. The number of carbonyl (C=O) groups is 1. The molecule has 5 nitrogen and oxygen atoms in total. The summed E-state index contributed by atoms with van der Waals surface area (Å²) in [6.07, 6.45) is 8.11. The van der Waals surface area contributed by atoms with Crippen molar-refractivity contribution in [1.29, 1.82) is 0 Å². The summed E-state index contributed by atoms with van der Waals surface area (Å²) in [5.74, 6) is -0.375. The highest BCUT2D eigenvalue weighted by molar-refractivity contribution is 7.19. The summed E-state index contributed by atoms with van der Waals surface area (Å²) >= 11 is 3.81. The number of aliphatic hydroxyl groups is 1. The monoisotopic (exact) mass is 868 g/mol. The lowest BCUT2D eigenvalue weighted by Crippen LogP contribution is -2.10. The zero-order valence-corrected chi connectivity index (χ0v) is 37.5. The minimum Gasteiger partial charge on any atom is -0.461 e. The lowest BCUT2D eigenvalue weighted by atomic mass is 9.93. The second-order valence-corrected chi connectivity index (χ2v) is 18.5. The van der Waals surface area contributed by atoms with Crippen molar-refractivity contribution in [2.24, 2.45) is 0 Å². The van der Waals surface area contributed by atoms with Crippen molar-refractivity contribution < 1.29 is 24.0 Å². The first kappa shape index (κ1) is 44.4. The van der Waals surface area contributed by atoms with Crippen LogP contribution in [-0.4, -0.2) is 33.4 Å². The van der Waals surface area contributed by atoms with Gasteiger partial charge in [0.05, 0.1) is 13.2 Å². The average molecular weight is 869 g/mol. The van der Waals surface area contributed by atoms with Gasteiger partial charge in [0.25, 0.3) is 0 Å². The summed E-state index contributed by atoms with van der Waals surface area (Å²) < 4.78 is 12.6. The number of esters is 1. The maximum absolute atomic E-state index is 11.5. The van der Waals surface area contributed by atoms with Crippen molar-refractivity contribution in [2.45, 2.75) is 79.3 Å². The fourth-order valence-electron chi connectivity index (χ4n) is 10.3. The van der Waals surface area contributed by atoms with Gasteiger partial charge >= 0.3 is 5.97 Å². The van der Waals surface area contributed by atoms with Crippen LogP contribution < -0.4 is 0 Å². The Bertz CT molecular complexity index is 3030. The van der Waals surface area contributed by atoms with Gasteiger partial charge in [-0.3, -0.25) is 9.41 Å². The Morgan fingerprint density at radius 1 is 0.597 bits per heavy atom. The number of thiophene rings is 2. The summed E-state index contributed by atoms with van der Waals surface area (Å²) in [5, 5.41) is 15.0. The fourth-order valence-corrected chi connectivity index (χ4v) is 12.5. The number of nitrogens with zero attached hydrogens (tertiary/aromatic N) is 2. The van der Waals surface area contributed by atoms with E-state index in [1.165, 1.54) is 127 Å². The number of para-hydroxylation sites is 2. The van der Waals surface area contributed by atoms with Gasteiger partial charge in [0, 0.05) is 86.9 Å². The van der Waals surface area contributed by atoms with E-state index in [2.05, 4.69) is 140 Å². The number of benzene rings is 4. The van der Waals surface area contributed by atoms with E-state index in [4.69, 9.17) is 4.74 Å². The summed E-state index contributed by atoms with van der Waals surface area (Å²) in [5.41, 5.74) is 16.6. The average Bonchev–Trinajstić information content (AvgIpc) is 4.12. The van der Waals surface area contributed by atoms with Gasteiger partial charge in [-0.05, 0) is 124 Å². The van der Waals surface area contributed by atoms with Crippen LogP contribution in [0.25, 0.3) is 64.3 Å². The van der Waals surface area contributed by atoms with Crippen LogP contribution in [0.1, 0.15) is 81.9 Å². The van der Waals surface area contributed by atoms with Gasteiger partial charge in [0.15, 0.2) is 0 Å². The van der Waals surface area contributed by atoms with E-state index in [9.17, 15) is 9.90 Å². The Balaban J connectivity index is 0.000000182. The van der Waals surface area contributed by atoms with Crippen LogP contribution in [0.4, 0.5) is 9.41 Å². The summed E-state index contributed by atoms with van der Waals surface area (Å²) in [6.45, 7) is 14.2. The third-order valence-corrected chi connectivity index (χ3v) is 14.9. The molecule has 4 aromatic heterocycles. The molecule has 0 aliphatic heterocycles. The molecule has 2 aliphatic carbocycles. The second kappa shape index (κ2) is 18.8. The molecular formula is C53H54F2N2O3S2. The van der Waals surface area contributed by atoms with Crippen molar-refractivity contribution >= 4 is 92.9 Å². The Kier molecular flexibility index (Phi) is 13.5. The third kappa shape index (κ3) is 7.76. The number of hydrogen-bond donors (Lipinski definition) is 1. The molecule has 9 heteroatoms. The van der Waals surface area contributed by atoms with Crippen LogP contribution in [0.3, 0.4) is 0 Å². The van der Waals surface area contributed by atoms with Crippen LogP contribution in [-0.2, 0) is 22.6 Å². The molecule has 0 amide bonds. The molecular weight excluding hydrogens is 815 g/mol. The van der Waals surface area contributed by atoms with E-state index >= 15 is 0 Å². The number of hydrogen-bond acceptors (Lipinski definition) is 5. The molecule has 320 valence electrons. The maximum Gasteiger partial charge on any atom is 0.330 e. The largest absolute Gasteiger partial charge is 0.461 e. The number of aryl methyl sites for hydroxylation is 2. The number of ether oxygens (including phenoxy) is 1. The molecule has 0 bridgehead atoms. The van der Waals surface area contributed by atoms with Gasteiger partial charge < -0.3 is 19.0 Å². The first-order valence-corrected chi connectivity index (χ1v) is 22.9. The van der Waals surface area contributed by atoms with Gasteiger partial charge in [-0.25, -0.2) is 4.79 Å². The first-order valence-electron chi connectivity index (χ1n) is 21.3. The van der Waals surface area contributed by atoms with Gasteiger partial charge in [-0.15, -0.1) is 22.7 Å². The summed E-state index contributed by atoms with van der Waals surface area (Å²) in [7, 11) is 0. The lowest BCUT2D eigenvalue weighted by Gasteiger charge is -2.12. The van der Waals surface area contributed by atoms with Crippen molar-refractivity contribution in [2.75, 3.05) is 13.2 Å². The van der Waals surface area contributed by atoms with Crippen LogP contribution >= 0.6 is 22.7 Å². The first-order chi connectivity index (χ1) is 29.3. The Morgan fingerprint density at radius 2 is 0.984 bits per heavy atom. The minimum atomic E-state index is -0.375. The van der Waals surface area contributed by atoms with E-state index in [1.807, 2.05) is 22.7 Å². The fraction of sp³-hybridized carbons (Fsp3) is 0.264. The highest BCUT2D eigenvalue weighted by atomic mass is 32.1. The molecule has 0 saturated heterocycles. The predicted molar refractivity (Wildman–Crippen MR) is 261 cm³/mol. The molecule has 10 rings (SSSR count). The topological polar surface area (TPSA) is 56.4 Å². The predicted octanol–water partition coefficient (Wildman–Crippen LogP) is 14.2. The molecule has 0 radical (unpaired) electrons. The number of carbonyl (C=O) groups excluding carboxylic acids is 1. The third-order valence-electron chi connectivity index (χ3n) is 12.7. The molecule has 0 spiro atoms. The molecule has 4 aromatic carbocycles. The zero-order valence-electron chi connectivity index (χ0n) is 35.9. The van der Waals surface area contributed by atoms with Crippen LogP contribution in [0, 0.1) is 27.7 Å². The van der Waals surface area contributed by atoms with Crippen molar-refractivity contribution in [3.05, 3.63) is 153 Å². The molecule has 0 unspecified atom stereocenters. The van der Waals surface area contributed by atoms with Crippen molar-refractivity contribution in [3.63, 3.8) is 0 Å². The number of fused-ring (bicyclic) bond motifs is 4. The van der Waals surface area contributed by atoms with Gasteiger partial charge in [0.2, 0.25) is 0 Å². The quantitative estimate of drug-likeness (QED) is 0.110. The standard InChI is InChI=1S/C28H27NO2S.C25H25NOS.2FH/c1-4-26(30)31-17-16-29-18(2)27(22-10-5-7-14-24(22)29)20-12-9-13-21(20)28-19(3)32-25-15-8-6-11-23(25)28;1-16-24(20-8-3-5-12-22(20)26(16)14-15-27)18-10-7-11-19(18)25-17(2)28-23-13-6-4-9-21(23)25;;/h4-8,10-11,14-15H,1,9,12-13,16-17H2,2-3H3;3-6,8-9,12-13,27H,7,10-11,14-15H2,1-2H3;2*1H. The van der Waals surface area contributed by atoms with E-state index in [1.54, 1.807) is 0 Å². The normalized spacial score (nSPS) is 13.8. The highest BCUT2D eigenvalue weighted by Gasteiger charge is 2.28. The Morgan fingerprint density at radius 3 is 1.42 bits per heavy atom. The molecule has 1 N–H and O–H groups in total. The molecule has 0 saturated carbocycles. The van der Waals surface area contributed by atoms with Crippen molar-refractivity contribution in [3.8, 4) is 0 Å². The number of rotatable bonds is 10. The molecule has 2 aliphatic rings. The van der Waals surface area contributed by atoms with Crippen molar-refractivity contribution in [1.82, 2.24) is 9.13 Å². The molecule has 0 atom stereocenters. The van der Waals surface area contributed by atoms with E-state index in [-0.39, 0.29) is 22.0 Å². The maximum atomic E-state index is 11.5. The molecule has 62 heavy (non-hydrogen) atoms. The summed E-state index contributed by atoms with van der Waals surface area (Å²) in [4.78, 5) is 14.3. The molecule has 8 aromatic rings. The molecule has 4 heterocycles. The van der Waals surface area contributed by atoms with E-state index in [0.717, 1.165) is 25.7 Å². The van der Waals surface area contributed by atoms with Crippen LogP contribution in [0.2, 0.25) is 0 Å². The number of allylic oxidation sites excluding steroid dienone is 4. The Labute approximate surface area is 370 Å². The SMILES string of the molecule is C=CC(=O)OCCn1c(C)c(C2=C(c3c(C)sc4ccccc34)CCC2)c2ccccc21.Cc1sc2ccccc2c1C1=C(c2c(C)n(CCO)c3ccccc23)CCC1.F.F. The zero-order chi connectivity index (χ0) is 41.5. The Hall–Kier alpha value is -5.61. The van der Waals surface area contributed by atoms with Crippen LogP contribution in [0.5, 0.6) is 0 Å².